The highest BCUT2D eigenvalue weighted by Gasteiger charge is 2.11. The third-order valence-electron chi connectivity index (χ3n) is 2.56. The largest absolute Gasteiger partial charge is 0.309 e. The Morgan fingerprint density at radius 3 is 2.76 bits per heavy atom. The summed E-state index contributed by atoms with van der Waals surface area (Å²) in [6.07, 6.45) is 0. The molecule has 0 spiro atoms. The average Bonchev–Trinajstić information content (AvgIpc) is 2.44. The molecule has 2 rings (SSSR count). The van der Waals surface area contributed by atoms with Crippen LogP contribution in [0.4, 0.5) is 10.2 Å². The number of carbonyl (C=O) groups is 1. The molecule has 110 valence electrons. The summed E-state index contributed by atoms with van der Waals surface area (Å²) in [7, 11) is 0. The Balaban J connectivity index is 1.99. The Morgan fingerprint density at radius 2 is 2.05 bits per heavy atom. The molecule has 7 heteroatoms. The molecule has 0 aliphatic carbocycles. The van der Waals surface area contributed by atoms with Gasteiger partial charge in [-0.15, -0.1) is 11.8 Å². The van der Waals surface area contributed by atoms with Gasteiger partial charge in [0.15, 0.2) is 5.82 Å². The van der Waals surface area contributed by atoms with E-state index in [2.05, 4.69) is 10.3 Å². The third kappa shape index (κ3) is 4.33. The van der Waals surface area contributed by atoms with Crippen molar-refractivity contribution in [1.29, 1.82) is 0 Å². The van der Waals surface area contributed by atoms with Gasteiger partial charge in [0.25, 0.3) is 0 Å². The molecule has 0 radical (unpaired) electrons. The smallest absolute Gasteiger partial charge is 0.235 e. The number of aromatic nitrogens is 1. The minimum atomic E-state index is -0.353. The van der Waals surface area contributed by atoms with E-state index >= 15 is 0 Å². The highest BCUT2D eigenvalue weighted by molar-refractivity contribution is 8.00. The molecule has 0 aliphatic rings. The first-order valence-electron chi connectivity index (χ1n) is 5.97. The normalized spacial score (nSPS) is 10.5. The second-order valence-electron chi connectivity index (χ2n) is 4.15. The Labute approximate surface area is 135 Å². The first kappa shape index (κ1) is 16.1. The van der Waals surface area contributed by atoms with Crippen LogP contribution in [0.2, 0.25) is 10.0 Å². The minimum Gasteiger partial charge on any atom is -0.309 e. The molecule has 0 atom stereocenters. The first-order chi connectivity index (χ1) is 9.97. The summed E-state index contributed by atoms with van der Waals surface area (Å²) in [5, 5.41) is 3.27. The Hall–Kier alpha value is -1.30. The van der Waals surface area contributed by atoms with Gasteiger partial charge in [0, 0.05) is 4.90 Å². The van der Waals surface area contributed by atoms with E-state index in [1.165, 1.54) is 12.1 Å². The van der Waals surface area contributed by atoms with Crippen molar-refractivity contribution in [3.63, 3.8) is 0 Å². The van der Waals surface area contributed by atoms with Gasteiger partial charge in [-0.3, -0.25) is 4.79 Å². The predicted molar refractivity (Wildman–Crippen MR) is 84.7 cm³/mol. The van der Waals surface area contributed by atoms with Gasteiger partial charge in [-0.2, -0.15) is 0 Å². The van der Waals surface area contributed by atoms with Gasteiger partial charge in [-0.25, -0.2) is 9.37 Å². The van der Waals surface area contributed by atoms with Crippen molar-refractivity contribution >= 4 is 46.7 Å². The standard InChI is InChI=1S/C14H11Cl2FN2OS/c1-8-9(15)6-10(16)14(18-8)19-13(20)7-21-12-5-3-2-4-11(12)17/h2-6H,7H2,1H3,(H,18,19,20). The predicted octanol–water partition coefficient (Wildman–Crippen LogP) is 4.57. The van der Waals surface area contributed by atoms with Gasteiger partial charge in [0.2, 0.25) is 5.91 Å². The van der Waals surface area contributed by atoms with Gasteiger partial charge in [0.1, 0.15) is 5.82 Å². The number of aryl methyl sites for hydroxylation is 1. The number of pyridine rings is 1. The molecule has 1 amide bonds. The highest BCUT2D eigenvalue weighted by Crippen LogP contribution is 2.26. The van der Waals surface area contributed by atoms with Crippen molar-refractivity contribution in [1.82, 2.24) is 4.98 Å². The van der Waals surface area contributed by atoms with Crippen LogP contribution in [-0.4, -0.2) is 16.6 Å². The van der Waals surface area contributed by atoms with E-state index in [1.807, 2.05) is 0 Å². The second kappa shape index (κ2) is 7.11. The van der Waals surface area contributed by atoms with Crippen molar-refractivity contribution in [2.45, 2.75) is 11.8 Å². The SMILES string of the molecule is Cc1nc(NC(=O)CSc2ccccc2F)c(Cl)cc1Cl. The van der Waals surface area contributed by atoms with Crippen molar-refractivity contribution in [2.24, 2.45) is 0 Å². The van der Waals surface area contributed by atoms with E-state index in [0.717, 1.165) is 11.8 Å². The molecule has 0 aliphatic heterocycles. The molecule has 21 heavy (non-hydrogen) atoms. The lowest BCUT2D eigenvalue weighted by atomic mass is 10.3. The molecule has 2 aromatic rings. The van der Waals surface area contributed by atoms with E-state index in [9.17, 15) is 9.18 Å². The van der Waals surface area contributed by atoms with Crippen LogP contribution in [0.25, 0.3) is 0 Å². The van der Waals surface area contributed by atoms with Crippen LogP contribution in [-0.2, 0) is 4.79 Å². The number of amides is 1. The first-order valence-corrected chi connectivity index (χ1v) is 7.71. The summed E-state index contributed by atoms with van der Waals surface area (Å²) in [6, 6.07) is 7.79. The molecule has 1 aromatic heterocycles. The maximum absolute atomic E-state index is 13.4. The number of nitrogens with one attached hydrogen (secondary N) is 1. The number of rotatable bonds is 4. The fourth-order valence-corrected chi connectivity index (χ4v) is 2.66. The van der Waals surface area contributed by atoms with Gasteiger partial charge in [0.05, 0.1) is 21.5 Å². The maximum atomic E-state index is 13.4. The van der Waals surface area contributed by atoms with E-state index in [0.29, 0.717) is 15.6 Å². The molecule has 0 bridgehead atoms. The van der Waals surface area contributed by atoms with Crippen molar-refractivity contribution in [3.05, 3.63) is 51.9 Å². The molecular formula is C14H11Cl2FN2OS. The number of benzene rings is 1. The van der Waals surface area contributed by atoms with Gasteiger partial charge < -0.3 is 5.32 Å². The fourth-order valence-electron chi connectivity index (χ4n) is 1.52. The fraction of sp³-hybridized carbons (Fsp3) is 0.143. The highest BCUT2D eigenvalue weighted by atomic mass is 35.5. The van der Waals surface area contributed by atoms with Crippen molar-refractivity contribution in [2.75, 3.05) is 11.1 Å². The summed E-state index contributed by atoms with van der Waals surface area (Å²) in [5.74, 6) is -0.369. The van der Waals surface area contributed by atoms with Gasteiger partial charge in [-0.05, 0) is 25.1 Å². The number of thioether (sulfide) groups is 1. The topological polar surface area (TPSA) is 42.0 Å². The van der Waals surface area contributed by atoms with Gasteiger partial charge >= 0.3 is 0 Å². The van der Waals surface area contributed by atoms with Crippen LogP contribution in [0.3, 0.4) is 0 Å². The molecule has 1 heterocycles. The van der Waals surface area contributed by atoms with E-state index in [-0.39, 0.29) is 28.3 Å². The third-order valence-corrected chi connectivity index (χ3v) is 4.28. The van der Waals surface area contributed by atoms with Crippen molar-refractivity contribution in [3.8, 4) is 0 Å². The zero-order chi connectivity index (χ0) is 15.4. The summed E-state index contributed by atoms with van der Waals surface area (Å²) >= 11 is 12.9. The maximum Gasteiger partial charge on any atom is 0.235 e. The molecule has 0 saturated carbocycles. The van der Waals surface area contributed by atoms with Crippen LogP contribution >= 0.6 is 35.0 Å². The molecule has 0 fully saturated rings. The zero-order valence-corrected chi connectivity index (χ0v) is 13.3. The quantitative estimate of drug-likeness (QED) is 0.826. The Kier molecular flexibility index (Phi) is 5.45. The number of nitrogens with zero attached hydrogens (tertiary/aromatic N) is 1. The van der Waals surface area contributed by atoms with E-state index in [1.54, 1.807) is 25.1 Å². The zero-order valence-electron chi connectivity index (χ0n) is 11.0. The lowest BCUT2D eigenvalue weighted by Gasteiger charge is -2.08. The summed E-state index contributed by atoms with van der Waals surface area (Å²) in [6.45, 7) is 1.71. The monoisotopic (exact) mass is 344 g/mol. The Bertz CT molecular complexity index is 682. The van der Waals surface area contributed by atoms with Crippen LogP contribution in [0.15, 0.2) is 35.2 Å². The van der Waals surface area contributed by atoms with E-state index < -0.39 is 0 Å². The second-order valence-corrected chi connectivity index (χ2v) is 5.98. The number of carbonyl (C=O) groups excluding carboxylic acids is 1. The van der Waals surface area contributed by atoms with Gasteiger partial charge in [-0.1, -0.05) is 35.3 Å². The average molecular weight is 345 g/mol. The molecule has 3 nitrogen and oxygen atoms in total. The number of halogens is 3. The van der Waals surface area contributed by atoms with Crippen molar-refractivity contribution < 1.29 is 9.18 Å². The molecule has 1 N–H and O–H groups in total. The summed E-state index contributed by atoms with van der Waals surface area (Å²) < 4.78 is 13.4. The number of hydrogen-bond donors (Lipinski definition) is 1. The minimum absolute atomic E-state index is 0.0562. The molecule has 1 aromatic carbocycles. The van der Waals surface area contributed by atoms with E-state index in [4.69, 9.17) is 23.2 Å². The summed E-state index contributed by atoms with van der Waals surface area (Å²) in [5.41, 5.74) is 0.568. The molecule has 0 unspecified atom stereocenters. The molecule has 0 saturated heterocycles. The molecular weight excluding hydrogens is 334 g/mol. The lowest BCUT2D eigenvalue weighted by molar-refractivity contribution is -0.113. The van der Waals surface area contributed by atoms with Crippen LogP contribution in [0.1, 0.15) is 5.69 Å². The Morgan fingerprint density at radius 1 is 1.33 bits per heavy atom. The van der Waals surface area contributed by atoms with Crippen LogP contribution in [0, 0.1) is 12.7 Å². The summed E-state index contributed by atoms with van der Waals surface area (Å²) in [4.78, 5) is 16.4. The lowest BCUT2D eigenvalue weighted by Crippen LogP contribution is -2.15. The number of anilines is 1. The van der Waals surface area contributed by atoms with Crippen LogP contribution < -0.4 is 5.32 Å². The number of hydrogen-bond acceptors (Lipinski definition) is 3. The van der Waals surface area contributed by atoms with Crippen LogP contribution in [0.5, 0.6) is 0 Å².